The standard InChI is InChI=1S/C18H17Cl2N3O2/c1-2-9-21-17(24)12-4-7-15(8-5-12)23-18(25)22-11-13-3-6-14(19)10-16(13)20/h2-8,10H,1,9,11H2,(H,21,24)(H2,22,23,25). The number of halogens is 2. The average molecular weight is 378 g/mol. The molecule has 0 saturated carbocycles. The van der Waals surface area contributed by atoms with Gasteiger partial charge in [0.05, 0.1) is 0 Å². The third-order valence-electron chi connectivity index (χ3n) is 3.27. The predicted octanol–water partition coefficient (Wildman–Crippen LogP) is 4.23. The van der Waals surface area contributed by atoms with E-state index in [0.717, 1.165) is 5.56 Å². The highest BCUT2D eigenvalue weighted by Gasteiger charge is 2.07. The van der Waals surface area contributed by atoms with E-state index in [9.17, 15) is 9.59 Å². The molecule has 0 aliphatic rings. The van der Waals surface area contributed by atoms with Crippen molar-refractivity contribution < 1.29 is 9.59 Å². The Morgan fingerprint density at radius 3 is 2.40 bits per heavy atom. The van der Waals surface area contributed by atoms with E-state index in [1.54, 1.807) is 48.5 Å². The highest BCUT2D eigenvalue weighted by Crippen LogP contribution is 2.20. The second-order valence-corrected chi connectivity index (χ2v) is 5.96. The number of benzene rings is 2. The Morgan fingerprint density at radius 2 is 1.76 bits per heavy atom. The van der Waals surface area contributed by atoms with E-state index in [0.29, 0.717) is 27.8 Å². The minimum Gasteiger partial charge on any atom is -0.349 e. The van der Waals surface area contributed by atoms with Gasteiger partial charge in [-0.05, 0) is 42.0 Å². The van der Waals surface area contributed by atoms with Gasteiger partial charge in [-0.15, -0.1) is 6.58 Å². The molecule has 0 unspecified atom stereocenters. The van der Waals surface area contributed by atoms with Crippen LogP contribution in [0.25, 0.3) is 0 Å². The highest BCUT2D eigenvalue weighted by atomic mass is 35.5. The van der Waals surface area contributed by atoms with E-state index >= 15 is 0 Å². The molecule has 3 amide bonds. The number of carbonyl (C=O) groups excluding carboxylic acids is 2. The number of amides is 3. The number of hydrogen-bond donors (Lipinski definition) is 3. The van der Waals surface area contributed by atoms with Gasteiger partial charge in [-0.3, -0.25) is 4.79 Å². The van der Waals surface area contributed by atoms with Gasteiger partial charge in [0.2, 0.25) is 0 Å². The van der Waals surface area contributed by atoms with Gasteiger partial charge >= 0.3 is 6.03 Å². The van der Waals surface area contributed by atoms with Crippen LogP contribution in [0.15, 0.2) is 55.1 Å². The van der Waals surface area contributed by atoms with Crippen LogP contribution in [0.5, 0.6) is 0 Å². The summed E-state index contributed by atoms with van der Waals surface area (Å²) in [5, 5.41) is 9.09. The maximum absolute atomic E-state index is 11.9. The first-order valence-corrected chi connectivity index (χ1v) is 8.23. The first kappa shape index (κ1) is 18.8. The van der Waals surface area contributed by atoms with Gasteiger partial charge in [-0.25, -0.2) is 4.79 Å². The summed E-state index contributed by atoms with van der Waals surface area (Å²) >= 11 is 11.9. The third kappa shape index (κ3) is 5.81. The molecule has 0 bridgehead atoms. The van der Waals surface area contributed by atoms with Crippen molar-refractivity contribution in [3.05, 3.63) is 76.3 Å². The second-order valence-electron chi connectivity index (χ2n) is 5.12. The maximum atomic E-state index is 11.9. The average Bonchev–Trinajstić information content (AvgIpc) is 2.59. The minimum atomic E-state index is -0.380. The number of nitrogens with one attached hydrogen (secondary N) is 3. The van der Waals surface area contributed by atoms with Gasteiger partial charge in [0.1, 0.15) is 0 Å². The van der Waals surface area contributed by atoms with E-state index in [1.165, 1.54) is 0 Å². The summed E-state index contributed by atoms with van der Waals surface area (Å²) in [6, 6.07) is 11.3. The maximum Gasteiger partial charge on any atom is 0.319 e. The van der Waals surface area contributed by atoms with E-state index < -0.39 is 0 Å². The van der Waals surface area contributed by atoms with E-state index in [1.807, 2.05) is 0 Å². The van der Waals surface area contributed by atoms with E-state index in [-0.39, 0.29) is 18.5 Å². The lowest BCUT2D eigenvalue weighted by atomic mass is 10.2. The molecular weight excluding hydrogens is 361 g/mol. The van der Waals surface area contributed by atoms with Crippen molar-refractivity contribution in [3.63, 3.8) is 0 Å². The molecule has 130 valence electrons. The number of urea groups is 1. The van der Waals surface area contributed by atoms with Crippen LogP contribution in [-0.2, 0) is 6.54 Å². The molecule has 5 nitrogen and oxygen atoms in total. The van der Waals surface area contributed by atoms with Crippen LogP contribution in [0.1, 0.15) is 15.9 Å². The van der Waals surface area contributed by atoms with Crippen LogP contribution in [0.4, 0.5) is 10.5 Å². The second kappa shape index (κ2) is 9.11. The Bertz CT molecular complexity index is 776. The van der Waals surface area contributed by atoms with Crippen molar-refractivity contribution in [1.82, 2.24) is 10.6 Å². The zero-order chi connectivity index (χ0) is 18.2. The minimum absolute atomic E-state index is 0.201. The molecule has 25 heavy (non-hydrogen) atoms. The van der Waals surface area contributed by atoms with E-state index in [4.69, 9.17) is 23.2 Å². The van der Waals surface area contributed by atoms with Crippen molar-refractivity contribution in [2.24, 2.45) is 0 Å². The van der Waals surface area contributed by atoms with Crippen LogP contribution in [0.2, 0.25) is 10.0 Å². The van der Waals surface area contributed by atoms with Gasteiger partial charge in [-0.1, -0.05) is 35.3 Å². The van der Waals surface area contributed by atoms with Gasteiger partial charge in [0, 0.05) is 34.4 Å². The molecule has 2 rings (SSSR count). The fraction of sp³-hybridized carbons (Fsp3) is 0.111. The molecule has 0 aromatic heterocycles. The quantitative estimate of drug-likeness (QED) is 0.659. The summed E-state index contributed by atoms with van der Waals surface area (Å²) in [4.78, 5) is 23.7. The normalized spacial score (nSPS) is 10.0. The molecule has 2 aromatic rings. The molecule has 0 heterocycles. The summed E-state index contributed by atoms with van der Waals surface area (Å²) < 4.78 is 0. The molecule has 0 atom stereocenters. The number of rotatable bonds is 6. The highest BCUT2D eigenvalue weighted by molar-refractivity contribution is 6.35. The Balaban J connectivity index is 1.87. The summed E-state index contributed by atoms with van der Waals surface area (Å²) in [5.74, 6) is -0.201. The van der Waals surface area contributed by atoms with Crippen LogP contribution in [0, 0.1) is 0 Å². The number of anilines is 1. The van der Waals surface area contributed by atoms with Gasteiger partial charge < -0.3 is 16.0 Å². The largest absolute Gasteiger partial charge is 0.349 e. The molecule has 0 fully saturated rings. The molecule has 2 aromatic carbocycles. The van der Waals surface area contributed by atoms with Gasteiger partial charge in [0.25, 0.3) is 5.91 Å². The molecule has 0 aliphatic heterocycles. The van der Waals surface area contributed by atoms with Crippen molar-refractivity contribution in [2.75, 3.05) is 11.9 Å². The Morgan fingerprint density at radius 1 is 1.04 bits per heavy atom. The van der Waals surface area contributed by atoms with Crippen molar-refractivity contribution >= 4 is 40.8 Å². The first-order valence-electron chi connectivity index (χ1n) is 7.47. The number of hydrogen-bond acceptors (Lipinski definition) is 2. The molecule has 0 saturated heterocycles. The lowest BCUT2D eigenvalue weighted by Gasteiger charge is -2.09. The molecular formula is C18H17Cl2N3O2. The van der Waals surface area contributed by atoms with Crippen molar-refractivity contribution in [3.8, 4) is 0 Å². The summed E-state index contributed by atoms with van der Waals surface area (Å²) in [6.07, 6.45) is 1.60. The fourth-order valence-electron chi connectivity index (χ4n) is 1.99. The lowest BCUT2D eigenvalue weighted by molar-refractivity contribution is 0.0958. The zero-order valence-electron chi connectivity index (χ0n) is 13.3. The van der Waals surface area contributed by atoms with Crippen LogP contribution in [0.3, 0.4) is 0 Å². The monoisotopic (exact) mass is 377 g/mol. The Labute approximate surface area is 156 Å². The summed E-state index contributed by atoms with van der Waals surface area (Å²) in [7, 11) is 0. The fourth-order valence-corrected chi connectivity index (χ4v) is 2.46. The van der Waals surface area contributed by atoms with Crippen LogP contribution in [-0.4, -0.2) is 18.5 Å². The Hall–Kier alpha value is -2.50. The smallest absolute Gasteiger partial charge is 0.319 e. The molecule has 3 N–H and O–H groups in total. The van der Waals surface area contributed by atoms with Crippen molar-refractivity contribution in [2.45, 2.75) is 6.54 Å². The topological polar surface area (TPSA) is 70.2 Å². The third-order valence-corrected chi connectivity index (χ3v) is 3.85. The lowest BCUT2D eigenvalue weighted by Crippen LogP contribution is -2.28. The zero-order valence-corrected chi connectivity index (χ0v) is 14.8. The first-order chi connectivity index (χ1) is 12.0. The summed E-state index contributed by atoms with van der Waals surface area (Å²) in [5.41, 5.74) is 1.83. The van der Waals surface area contributed by atoms with Crippen LogP contribution < -0.4 is 16.0 Å². The number of carbonyl (C=O) groups is 2. The Kier molecular flexibility index (Phi) is 6.86. The molecule has 0 spiro atoms. The molecule has 0 radical (unpaired) electrons. The molecule has 7 heteroatoms. The SMILES string of the molecule is C=CCNC(=O)c1ccc(NC(=O)NCc2ccc(Cl)cc2Cl)cc1. The molecule has 0 aliphatic carbocycles. The van der Waals surface area contributed by atoms with E-state index in [2.05, 4.69) is 22.5 Å². The van der Waals surface area contributed by atoms with Gasteiger partial charge in [-0.2, -0.15) is 0 Å². The van der Waals surface area contributed by atoms with Gasteiger partial charge in [0.15, 0.2) is 0 Å². The summed E-state index contributed by atoms with van der Waals surface area (Å²) in [6.45, 7) is 4.20. The van der Waals surface area contributed by atoms with Crippen molar-refractivity contribution in [1.29, 1.82) is 0 Å². The van der Waals surface area contributed by atoms with Crippen LogP contribution >= 0.6 is 23.2 Å². The predicted molar refractivity (Wildman–Crippen MR) is 101 cm³/mol.